The summed E-state index contributed by atoms with van der Waals surface area (Å²) in [6.07, 6.45) is 0. The van der Waals surface area contributed by atoms with Crippen molar-refractivity contribution < 1.29 is 4.74 Å². The Bertz CT molecular complexity index is 524. The van der Waals surface area contributed by atoms with Gasteiger partial charge in [0.15, 0.2) is 0 Å². The molecule has 0 amide bonds. The van der Waals surface area contributed by atoms with Crippen LogP contribution in [0.1, 0.15) is 44.7 Å². The number of hydrogen-bond donors (Lipinski definition) is 0. The summed E-state index contributed by atoms with van der Waals surface area (Å²) in [7, 11) is 0. The van der Waals surface area contributed by atoms with Crippen LogP contribution in [0.2, 0.25) is 0 Å². The zero-order valence-corrected chi connectivity index (χ0v) is 16.7. The highest BCUT2D eigenvalue weighted by molar-refractivity contribution is 5.85. The SMILES string of the molecule is CC(C)N(CCOCC(c1ccccc1)c1ccccc1)C(C)C.Cl. The van der Waals surface area contributed by atoms with Crippen LogP contribution < -0.4 is 0 Å². The van der Waals surface area contributed by atoms with Crippen LogP contribution in [0.25, 0.3) is 0 Å². The Balaban J connectivity index is 0.00000312. The summed E-state index contributed by atoms with van der Waals surface area (Å²) in [4.78, 5) is 2.47. The lowest BCUT2D eigenvalue weighted by Gasteiger charge is -2.30. The lowest BCUT2D eigenvalue weighted by molar-refractivity contribution is 0.0749. The summed E-state index contributed by atoms with van der Waals surface area (Å²) in [6, 6.07) is 22.4. The molecule has 0 aliphatic carbocycles. The Hall–Kier alpha value is -1.35. The van der Waals surface area contributed by atoms with E-state index < -0.39 is 0 Å². The van der Waals surface area contributed by atoms with Gasteiger partial charge in [-0.3, -0.25) is 4.90 Å². The first-order chi connectivity index (χ1) is 11.6. The second kappa shape index (κ2) is 11.3. The van der Waals surface area contributed by atoms with Crippen molar-refractivity contribution in [2.45, 2.75) is 45.7 Å². The number of hydrogen-bond acceptors (Lipinski definition) is 2. The van der Waals surface area contributed by atoms with Gasteiger partial charge in [-0.1, -0.05) is 60.7 Å². The normalized spacial score (nSPS) is 11.4. The lowest BCUT2D eigenvalue weighted by atomic mass is 9.92. The molecule has 0 aromatic heterocycles. The molecule has 2 nitrogen and oxygen atoms in total. The maximum Gasteiger partial charge on any atom is 0.0594 e. The van der Waals surface area contributed by atoms with Gasteiger partial charge in [0.25, 0.3) is 0 Å². The first-order valence-corrected chi connectivity index (χ1v) is 9.03. The molecule has 2 aromatic carbocycles. The predicted octanol–water partition coefficient (Wildman–Crippen LogP) is 5.38. The molecule has 0 spiro atoms. The molecule has 0 saturated heterocycles. The number of nitrogens with zero attached hydrogens (tertiary/aromatic N) is 1. The summed E-state index contributed by atoms with van der Waals surface area (Å²) < 4.78 is 6.09. The number of ether oxygens (including phenoxy) is 1. The van der Waals surface area contributed by atoms with Gasteiger partial charge < -0.3 is 4.74 Å². The quantitative estimate of drug-likeness (QED) is 0.556. The Morgan fingerprint density at radius 1 is 0.760 bits per heavy atom. The van der Waals surface area contributed by atoms with Crippen molar-refractivity contribution in [3.63, 3.8) is 0 Å². The summed E-state index contributed by atoms with van der Waals surface area (Å²) in [5.74, 6) is 0.291. The van der Waals surface area contributed by atoms with Crippen LogP contribution in [0.5, 0.6) is 0 Å². The van der Waals surface area contributed by atoms with Gasteiger partial charge in [-0.05, 0) is 38.8 Å². The predicted molar refractivity (Wildman–Crippen MR) is 110 cm³/mol. The molecule has 0 N–H and O–H groups in total. The molecule has 0 aliphatic rings. The van der Waals surface area contributed by atoms with Crippen LogP contribution >= 0.6 is 12.4 Å². The highest BCUT2D eigenvalue weighted by Gasteiger charge is 2.16. The van der Waals surface area contributed by atoms with E-state index in [1.54, 1.807) is 0 Å². The highest BCUT2D eigenvalue weighted by atomic mass is 35.5. The molecule has 2 aromatic rings. The summed E-state index contributed by atoms with van der Waals surface area (Å²) in [5, 5.41) is 0. The van der Waals surface area contributed by atoms with Gasteiger partial charge in [-0.2, -0.15) is 0 Å². The van der Waals surface area contributed by atoms with E-state index in [0.717, 1.165) is 19.8 Å². The van der Waals surface area contributed by atoms with E-state index >= 15 is 0 Å². The summed E-state index contributed by atoms with van der Waals surface area (Å²) in [5.41, 5.74) is 2.63. The molecule has 0 unspecified atom stereocenters. The first kappa shape index (κ1) is 21.7. The van der Waals surface area contributed by atoms with Crippen molar-refractivity contribution in [3.8, 4) is 0 Å². The van der Waals surface area contributed by atoms with Crippen molar-refractivity contribution in [3.05, 3.63) is 71.8 Å². The molecule has 0 saturated carbocycles. The molecule has 0 radical (unpaired) electrons. The minimum atomic E-state index is 0. The summed E-state index contributed by atoms with van der Waals surface area (Å²) >= 11 is 0. The molecule has 0 bridgehead atoms. The van der Waals surface area contributed by atoms with Gasteiger partial charge in [0, 0.05) is 24.5 Å². The average molecular weight is 362 g/mol. The molecule has 0 aliphatic heterocycles. The van der Waals surface area contributed by atoms with Crippen molar-refractivity contribution in [2.24, 2.45) is 0 Å². The Morgan fingerprint density at radius 2 is 1.20 bits per heavy atom. The molecular formula is C22H32ClNO. The third kappa shape index (κ3) is 6.81. The van der Waals surface area contributed by atoms with Crippen LogP contribution in [0.15, 0.2) is 60.7 Å². The Labute approximate surface area is 159 Å². The topological polar surface area (TPSA) is 12.5 Å². The van der Waals surface area contributed by atoms with Crippen LogP contribution in [-0.2, 0) is 4.74 Å². The van der Waals surface area contributed by atoms with E-state index in [-0.39, 0.29) is 12.4 Å². The molecule has 0 heterocycles. The van der Waals surface area contributed by atoms with Gasteiger partial charge in [0.2, 0.25) is 0 Å². The van der Waals surface area contributed by atoms with Gasteiger partial charge in [-0.15, -0.1) is 12.4 Å². The number of benzene rings is 2. The monoisotopic (exact) mass is 361 g/mol. The molecule has 25 heavy (non-hydrogen) atoms. The van der Waals surface area contributed by atoms with E-state index in [9.17, 15) is 0 Å². The standard InChI is InChI=1S/C22H31NO.ClH/c1-18(2)23(19(3)4)15-16-24-17-22(20-11-7-5-8-12-20)21-13-9-6-10-14-21;/h5-14,18-19,22H,15-17H2,1-4H3;1H. The molecule has 0 atom stereocenters. The Morgan fingerprint density at radius 3 is 1.60 bits per heavy atom. The van der Waals surface area contributed by atoms with E-state index in [4.69, 9.17) is 4.74 Å². The van der Waals surface area contributed by atoms with E-state index in [1.165, 1.54) is 11.1 Å². The minimum Gasteiger partial charge on any atom is -0.379 e. The average Bonchev–Trinajstić information content (AvgIpc) is 2.59. The fourth-order valence-electron chi connectivity index (χ4n) is 3.24. The first-order valence-electron chi connectivity index (χ1n) is 9.03. The molecule has 0 fully saturated rings. The third-order valence-corrected chi connectivity index (χ3v) is 4.51. The molecule has 3 heteroatoms. The van der Waals surface area contributed by atoms with Crippen molar-refractivity contribution in [1.82, 2.24) is 4.90 Å². The van der Waals surface area contributed by atoms with Crippen LogP contribution in [0, 0.1) is 0 Å². The summed E-state index contributed by atoms with van der Waals surface area (Å²) in [6.45, 7) is 11.5. The largest absolute Gasteiger partial charge is 0.379 e. The van der Waals surface area contributed by atoms with Gasteiger partial charge >= 0.3 is 0 Å². The zero-order chi connectivity index (χ0) is 17.4. The van der Waals surface area contributed by atoms with Crippen molar-refractivity contribution in [2.75, 3.05) is 19.8 Å². The van der Waals surface area contributed by atoms with E-state index in [1.807, 2.05) is 0 Å². The highest BCUT2D eigenvalue weighted by Crippen LogP contribution is 2.24. The number of halogens is 1. The smallest absolute Gasteiger partial charge is 0.0594 e. The fourth-order valence-corrected chi connectivity index (χ4v) is 3.24. The Kier molecular flexibility index (Phi) is 9.81. The molecule has 2 rings (SSSR count). The van der Waals surface area contributed by atoms with Gasteiger partial charge in [0.05, 0.1) is 13.2 Å². The fraction of sp³-hybridized carbons (Fsp3) is 0.455. The van der Waals surface area contributed by atoms with E-state index in [2.05, 4.69) is 93.3 Å². The van der Waals surface area contributed by atoms with Crippen molar-refractivity contribution >= 4 is 12.4 Å². The number of rotatable bonds is 9. The second-order valence-corrected chi connectivity index (χ2v) is 6.87. The van der Waals surface area contributed by atoms with Gasteiger partial charge in [-0.25, -0.2) is 0 Å². The maximum atomic E-state index is 6.09. The molecule has 138 valence electrons. The van der Waals surface area contributed by atoms with Crippen LogP contribution in [0.4, 0.5) is 0 Å². The van der Waals surface area contributed by atoms with Gasteiger partial charge in [0.1, 0.15) is 0 Å². The van der Waals surface area contributed by atoms with Crippen LogP contribution in [0.3, 0.4) is 0 Å². The lowest BCUT2D eigenvalue weighted by Crippen LogP contribution is -2.39. The zero-order valence-electron chi connectivity index (χ0n) is 15.9. The minimum absolute atomic E-state index is 0. The van der Waals surface area contributed by atoms with Crippen LogP contribution in [-0.4, -0.2) is 36.7 Å². The maximum absolute atomic E-state index is 6.09. The third-order valence-electron chi connectivity index (χ3n) is 4.51. The molecular weight excluding hydrogens is 330 g/mol. The second-order valence-electron chi connectivity index (χ2n) is 6.87. The van der Waals surface area contributed by atoms with Crippen molar-refractivity contribution in [1.29, 1.82) is 0 Å². The van der Waals surface area contributed by atoms with E-state index in [0.29, 0.717) is 18.0 Å².